The van der Waals surface area contributed by atoms with Gasteiger partial charge in [0.1, 0.15) is 6.61 Å². The third-order valence-corrected chi connectivity index (χ3v) is 4.57. The highest BCUT2D eigenvalue weighted by molar-refractivity contribution is 5.67. The minimum absolute atomic E-state index is 0.242. The second-order valence-corrected chi connectivity index (χ2v) is 7.64. The Morgan fingerprint density at radius 1 is 0.605 bits per heavy atom. The van der Waals surface area contributed by atoms with E-state index in [1.165, 1.54) is 0 Å². The molecule has 0 aromatic heterocycles. The summed E-state index contributed by atoms with van der Waals surface area (Å²) in [5, 5.41) is 2.64. The molecule has 1 amide bonds. The Hall–Kier alpha value is -2.09. The molecule has 0 atom stereocenters. The van der Waals surface area contributed by atoms with Crippen molar-refractivity contribution in [3.8, 4) is 0 Å². The van der Waals surface area contributed by atoms with Gasteiger partial charge >= 0.3 is 6.09 Å². The van der Waals surface area contributed by atoms with Gasteiger partial charge in [-0.25, -0.2) is 4.79 Å². The Kier molecular flexibility index (Phi) is 24.9. The van der Waals surface area contributed by atoms with Crippen molar-refractivity contribution in [3.63, 3.8) is 0 Å². The lowest BCUT2D eigenvalue weighted by atomic mass is 10.2. The van der Waals surface area contributed by atoms with Crippen LogP contribution < -0.4 is 5.32 Å². The van der Waals surface area contributed by atoms with Gasteiger partial charge in [0.05, 0.1) is 106 Å². The third-order valence-electron chi connectivity index (χ3n) is 4.57. The summed E-state index contributed by atoms with van der Waals surface area (Å²) in [4.78, 5) is 11.6. The predicted octanol–water partition coefficient (Wildman–Crippen LogP) is 2.23. The first-order valence-electron chi connectivity index (χ1n) is 13.0. The lowest BCUT2D eigenvalue weighted by Crippen LogP contribution is -2.28. The van der Waals surface area contributed by atoms with E-state index in [0.29, 0.717) is 112 Å². The molecule has 38 heavy (non-hydrogen) atoms. The van der Waals surface area contributed by atoms with Crippen LogP contribution in [0.15, 0.2) is 43.0 Å². The van der Waals surface area contributed by atoms with Crippen molar-refractivity contribution >= 4 is 6.09 Å². The van der Waals surface area contributed by atoms with Crippen molar-refractivity contribution < 1.29 is 47.4 Å². The summed E-state index contributed by atoms with van der Waals surface area (Å²) < 4.78 is 48.2. The van der Waals surface area contributed by atoms with Crippen LogP contribution in [0.3, 0.4) is 0 Å². The van der Waals surface area contributed by atoms with Gasteiger partial charge < -0.3 is 47.9 Å². The number of carbonyl (C=O) groups is 1. The average Bonchev–Trinajstić information content (AvgIpc) is 2.94. The maximum atomic E-state index is 11.6. The molecule has 0 saturated carbocycles. The summed E-state index contributed by atoms with van der Waals surface area (Å²) >= 11 is 0. The first-order valence-corrected chi connectivity index (χ1v) is 13.0. The predicted molar refractivity (Wildman–Crippen MR) is 141 cm³/mol. The minimum atomic E-state index is -0.466. The number of nitrogens with one attached hydrogen (secondary N) is 1. The maximum Gasteiger partial charge on any atom is 0.407 e. The molecule has 0 spiro atoms. The molecule has 0 bridgehead atoms. The van der Waals surface area contributed by atoms with Crippen molar-refractivity contribution in [2.45, 2.75) is 6.61 Å². The third kappa shape index (κ3) is 24.3. The number of amides is 1. The van der Waals surface area contributed by atoms with Gasteiger partial charge in [-0.1, -0.05) is 36.4 Å². The van der Waals surface area contributed by atoms with Crippen LogP contribution >= 0.6 is 0 Å². The molecular formula is C27H45NO10. The van der Waals surface area contributed by atoms with Gasteiger partial charge in [0.25, 0.3) is 0 Å². The molecule has 0 aliphatic heterocycles. The zero-order valence-corrected chi connectivity index (χ0v) is 22.5. The summed E-state index contributed by atoms with van der Waals surface area (Å²) in [6.45, 7) is 12.2. The number of hydrogen-bond donors (Lipinski definition) is 1. The average molecular weight is 544 g/mol. The number of hydrogen-bond acceptors (Lipinski definition) is 10. The number of alkyl carbamates (subject to hydrolysis) is 1. The van der Waals surface area contributed by atoms with Crippen molar-refractivity contribution in [2.75, 3.05) is 112 Å². The smallest absolute Gasteiger partial charge is 0.407 e. The molecule has 0 aliphatic rings. The fourth-order valence-corrected chi connectivity index (χ4v) is 2.71. The Morgan fingerprint density at radius 2 is 1.00 bits per heavy atom. The molecule has 1 rings (SSSR count). The van der Waals surface area contributed by atoms with Crippen LogP contribution in [0.5, 0.6) is 0 Å². The summed E-state index contributed by atoms with van der Waals surface area (Å²) in [7, 11) is 0. The molecule has 11 nitrogen and oxygen atoms in total. The van der Waals surface area contributed by atoms with Gasteiger partial charge in [-0.2, -0.15) is 0 Å². The molecule has 11 heteroatoms. The van der Waals surface area contributed by atoms with E-state index in [9.17, 15) is 4.79 Å². The summed E-state index contributed by atoms with van der Waals surface area (Å²) in [5.74, 6) is 0. The Labute approximate surface area is 226 Å². The highest BCUT2D eigenvalue weighted by atomic mass is 16.6. The topological polar surface area (TPSA) is 112 Å². The Morgan fingerprint density at radius 3 is 1.42 bits per heavy atom. The van der Waals surface area contributed by atoms with E-state index in [-0.39, 0.29) is 6.61 Å². The number of rotatable bonds is 28. The van der Waals surface area contributed by atoms with E-state index in [1.54, 1.807) is 6.08 Å². The van der Waals surface area contributed by atoms with Gasteiger partial charge in [0.15, 0.2) is 0 Å². The number of benzene rings is 1. The van der Waals surface area contributed by atoms with Crippen LogP contribution in [0.25, 0.3) is 0 Å². The van der Waals surface area contributed by atoms with E-state index < -0.39 is 6.09 Å². The standard InChI is InChI=1S/C27H45NO10/c1-2-9-30-11-13-32-15-17-34-19-21-36-23-24-37-22-20-35-18-16-33-14-12-31-10-8-28-27(29)38-25-26-6-4-3-5-7-26/h2-7H,1,8-25H2,(H,28,29). The van der Waals surface area contributed by atoms with Crippen LogP contribution in [-0.2, 0) is 49.2 Å². The summed E-state index contributed by atoms with van der Waals surface area (Å²) in [5.41, 5.74) is 0.940. The highest BCUT2D eigenvalue weighted by Gasteiger charge is 2.01. The number of carbonyl (C=O) groups excluding carboxylic acids is 1. The van der Waals surface area contributed by atoms with Crippen LogP contribution in [0, 0.1) is 0 Å². The van der Waals surface area contributed by atoms with Gasteiger partial charge in [0.2, 0.25) is 0 Å². The fourth-order valence-electron chi connectivity index (χ4n) is 2.71. The molecule has 0 saturated heterocycles. The van der Waals surface area contributed by atoms with Gasteiger partial charge in [-0.05, 0) is 5.56 Å². The molecule has 0 heterocycles. The SMILES string of the molecule is C=CCOCCOCCOCCOCCOCCOCCOCCOCCNC(=O)OCc1ccccc1. The summed E-state index contributed by atoms with van der Waals surface area (Å²) in [6.07, 6.45) is 1.24. The van der Waals surface area contributed by atoms with E-state index in [4.69, 9.17) is 42.6 Å². The minimum Gasteiger partial charge on any atom is -0.445 e. The van der Waals surface area contributed by atoms with Crippen molar-refractivity contribution in [1.29, 1.82) is 0 Å². The second kappa shape index (κ2) is 27.9. The van der Waals surface area contributed by atoms with Crippen LogP contribution in [0.2, 0.25) is 0 Å². The first kappa shape index (κ1) is 33.9. The molecule has 0 aliphatic carbocycles. The molecular weight excluding hydrogens is 498 g/mol. The molecule has 0 unspecified atom stereocenters. The van der Waals surface area contributed by atoms with E-state index in [2.05, 4.69) is 11.9 Å². The normalized spacial score (nSPS) is 10.9. The van der Waals surface area contributed by atoms with E-state index in [1.807, 2.05) is 30.3 Å². The van der Waals surface area contributed by atoms with Crippen molar-refractivity contribution in [2.24, 2.45) is 0 Å². The van der Waals surface area contributed by atoms with Crippen molar-refractivity contribution in [1.82, 2.24) is 5.32 Å². The van der Waals surface area contributed by atoms with Crippen LogP contribution in [0.4, 0.5) is 4.79 Å². The van der Waals surface area contributed by atoms with Crippen LogP contribution in [-0.4, -0.2) is 118 Å². The van der Waals surface area contributed by atoms with Crippen molar-refractivity contribution in [3.05, 3.63) is 48.6 Å². The highest BCUT2D eigenvalue weighted by Crippen LogP contribution is 2.00. The summed E-state index contributed by atoms with van der Waals surface area (Å²) in [6, 6.07) is 9.51. The molecule has 1 aromatic rings. The monoisotopic (exact) mass is 543 g/mol. The molecule has 0 radical (unpaired) electrons. The molecule has 1 N–H and O–H groups in total. The lowest BCUT2D eigenvalue weighted by molar-refractivity contribution is -0.0225. The number of ether oxygens (including phenoxy) is 9. The first-order chi connectivity index (χ1) is 18.8. The molecule has 0 fully saturated rings. The van der Waals surface area contributed by atoms with E-state index >= 15 is 0 Å². The van der Waals surface area contributed by atoms with Gasteiger partial charge in [-0.3, -0.25) is 0 Å². The second-order valence-electron chi connectivity index (χ2n) is 7.64. The van der Waals surface area contributed by atoms with Gasteiger partial charge in [-0.15, -0.1) is 6.58 Å². The zero-order valence-electron chi connectivity index (χ0n) is 22.5. The Balaban J connectivity index is 1.67. The van der Waals surface area contributed by atoms with E-state index in [0.717, 1.165) is 5.56 Å². The Bertz CT molecular complexity index is 650. The van der Waals surface area contributed by atoms with Gasteiger partial charge in [0, 0.05) is 6.54 Å². The quantitative estimate of drug-likeness (QED) is 0.125. The maximum absolute atomic E-state index is 11.6. The molecule has 1 aromatic carbocycles. The fraction of sp³-hybridized carbons (Fsp3) is 0.667. The molecule has 218 valence electrons. The van der Waals surface area contributed by atoms with Crippen LogP contribution in [0.1, 0.15) is 5.56 Å². The zero-order chi connectivity index (χ0) is 27.2. The largest absolute Gasteiger partial charge is 0.445 e. The lowest BCUT2D eigenvalue weighted by Gasteiger charge is -2.09.